The van der Waals surface area contributed by atoms with Crippen molar-refractivity contribution in [1.29, 1.82) is 0 Å². The molecule has 0 bridgehead atoms. The zero-order valence-electron chi connectivity index (χ0n) is 12.9. The molecule has 2 aliphatic heterocycles. The summed E-state index contributed by atoms with van der Waals surface area (Å²) in [6, 6.07) is 5.62. The zero-order valence-corrected chi connectivity index (χ0v) is 13.7. The Morgan fingerprint density at radius 3 is 3.04 bits per heavy atom. The number of carbonyl (C=O) groups excluding carboxylic acids is 1. The molecule has 1 aromatic carbocycles. The Bertz CT molecular complexity index is 705. The van der Waals surface area contributed by atoms with E-state index in [1.54, 1.807) is 11.3 Å². The molecule has 122 valence electrons. The molecule has 2 N–H and O–H groups in total. The minimum Gasteiger partial charge on any atom is -0.378 e. The highest BCUT2D eigenvalue weighted by Crippen LogP contribution is 2.32. The van der Waals surface area contributed by atoms with Crippen LogP contribution in [0.4, 0.5) is 10.8 Å². The van der Waals surface area contributed by atoms with E-state index in [4.69, 9.17) is 9.72 Å². The Morgan fingerprint density at radius 1 is 1.39 bits per heavy atom. The normalized spacial score (nSPS) is 21.7. The number of nitrogens with zero attached hydrogens (tertiary/aromatic N) is 2. The molecule has 2 fully saturated rings. The van der Waals surface area contributed by atoms with Crippen LogP contribution in [0.2, 0.25) is 0 Å². The first-order valence-electron chi connectivity index (χ1n) is 8.07. The van der Waals surface area contributed by atoms with Gasteiger partial charge in [0.1, 0.15) is 6.04 Å². The molecule has 0 spiro atoms. The minimum atomic E-state index is -0.277. The molecule has 7 heteroatoms. The van der Waals surface area contributed by atoms with Crippen LogP contribution in [-0.2, 0) is 9.53 Å². The standard InChI is InChI=1S/C16H20N4O2S/c21-15(13-10-22-8-5-17-13)18-11-3-4-12-14(9-11)23-16(19-12)20-6-1-2-7-20/h3-4,9,13,17H,1-2,5-8,10H2,(H,18,21). The third kappa shape index (κ3) is 3.17. The van der Waals surface area contributed by atoms with E-state index < -0.39 is 0 Å². The van der Waals surface area contributed by atoms with Crippen molar-refractivity contribution in [2.45, 2.75) is 18.9 Å². The number of nitrogens with one attached hydrogen (secondary N) is 2. The first-order valence-corrected chi connectivity index (χ1v) is 8.89. The second-order valence-electron chi connectivity index (χ2n) is 5.94. The molecule has 2 aliphatic rings. The van der Waals surface area contributed by atoms with Crippen molar-refractivity contribution < 1.29 is 9.53 Å². The average Bonchev–Trinajstić information content (AvgIpc) is 3.24. The van der Waals surface area contributed by atoms with E-state index in [-0.39, 0.29) is 11.9 Å². The number of ether oxygens (including phenoxy) is 1. The molecule has 0 saturated carbocycles. The average molecular weight is 332 g/mol. The van der Waals surface area contributed by atoms with Crippen LogP contribution >= 0.6 is 11.3 Å². The van der Waals surface area contributed by atoms with Gasteiger partial charge in [0, 0.05) is 25.3 Å². The lowest BCUT2D eigenvalue weighted by atomic mass is 10.2. The maximum atomic E-state index is 12.2. The Kier molecular flexibility index (Phi) is 4.15. The van der Waals surface area contributed by atoms with E-state index in [9.17, 15) is 4.79 Å². The molecule has 2 saturated heterocycles. The van der Waals surface area contributed by atoms with E-state index in [1.165, 1.54) is 12.8 Å². The lowest BCUT2D eigenvalue weighted by molar-refractivity contribution is -0.120. The lowest BCUT2D eigenvalue weighted by Crippen LogP contribution is -2.48. The van der Waals surface area contributed by atoms with Crippen LogP contribution in [0, 0.1) is 0 Å². The van der Waals surface area contributed by atoms with Gasteiger partial charge in [-0.3, -0.25) is 4.79 Å². The Morgan fingerprint density at radius 2 is 2.26 bits per heavy atom. The number of aromatic nitrogens is 1. The smallest absolute Gasteiger partial charge is 0.243 e. The topological polar surface area (TPSA) is 66.5 Å². The first-order chi connectivity index (χ1) is 11.3. The van der Waals surface area contributed by atoms with Crippen LogP contribution in [0.3, 0.4) is 0 Å². The van der Waals surface area contributed by atoms with Gasteiger partial charge in [0.15, 0.2) is 5.13 Å². The predicted molar refractivity (Wildman–Crippen MR) is 92.3 cm³/mol. The highest BCUT2D eigenvalue weighted by molar-refractivity contribution is 7.22. The first kappa shape index (κ1) is 14.9. The molecule has 4 rings (SSSR count). The second kappa shape index (κ2) is 6.43. The Hall–Kier alpha value is -1.70. The molecule has 1 atom stereocenters. The van der Waals surface area contributed by atoms with Gasteiger partial charge in [0.2, 0.25) is 5.91 Å². The van der Waals surface area contributed by atoms with Gasteiger partial charge >= 0.3 is 0 Å². The maximum absolute atomic E-state index is 12.2. The molecule has 1 amide bonds. The number of fused-ring (bicyclic) bond motifs is 1. The fraction of sp³-hybridized carbons (Fsp3) is 0.500. The number of benzene rings is 1. The third-order valence-corrected chi connectivity index (χ3v) is 5.34. The van der Waals surface area contributed by atoms with Crippen molar-refractivity contribution in [3.05, 3.63) is 18.2 Å². The monoisotopic (exact) mass is 332 g/mol. The molecule has 1 unspecified atom stereocenters. The molecule has 0 radical (unpaired) electrons. The molecule has 23 heavy (non-hydrogen) atoms. The highest BCUT2D eigenvalue weighted by Gasteiger charge is 2.21. The van der Waals surface area contributed by atoms with E-state index >= 15 is 0 Å². The van der Waals surface area contributed by atoms with Crippen LogP contribution in [0.5, 0.6) is 0 Å². The number of carbonyl (C=O) groups is 1. The van der Waals surface area contributed by atoms with Gasteiger partial charge in [0.25, 0.3) is 0 Å². The van der Waals surface area contributed by atoms with E-state index in [0.29, 0.717) is 19.8 Å². The largest absolute Gasteiger partial charge is 0.378 e. The lowest BCUT2D eigenvalue weighted by Gasteiger charge is -2.22. The van der Waals surface area contributed by atoms with E-state index in [1.807, 2.05) is 18.2 Å². The van der Waals surface area contributed by atoms with E-state index in [0.717, 1.165) is 34.1 Å². The molecule has 2 aromatic rings. The summed E-state index contributed by atoms with van der Waals surface area (Å²) in [7, 11) is 0. The van der Waals surface area contributed by atoms with Crippen LogP contribution in [0.15, 0.2) is 18.2 Å². The molecule has 6 nitrogen and oxygen atoms in total. The number of anilines is 2. The van der Waals surface area contributed by atoms with Crippen molar-refractivity contribution in [2.24, 2.45) is 0 Å². The summed E-state index contributed by atoms with van der Waals surface area (Å²) in [6.45, 7) is 3.99. The summed E-state index contributed by atoms with van der Waals surface area (Å²) in [5, 5.41) is 7.22. The number of rotatable bonds is 3. The molecule has 3 heterocycles. The number of thiazole rings is 1. The maximum Gasteiger partial charge on any atom is 0.243 e. The number of morpholine rings is 1. The van der Waals surface area contributed by atoms with E-state index in [2.05, 4.69) is 15.5 Å². The van der Waals surface area contributed by atoms with Crippen molar-refractivity contribution in [1.82, 2.24) is 10.3 Å². The molecule has 1 aromatic heterocycles. The fourth-order valence-corrected chi connectivity index (χ4v) is 4.05. The number of amides is 1. The zero-order chi connectivity index (χ0) is 15.6. The molecular weight excluding hydrogens is 312 g/mol. The third-order valence-electron chi connectivity index (χ3n) is 4.26. The van der Waals surface area contributed by atoms with Gasteiger partial charge in [-0.2, -0.15) is 0 Å². The highest BCUT2D eigenvalue weighted by atomic mass is 32.1. The van der Waals surface area contributed by atoms with Gasteiger partial charge in [-0.15, -0.1) is 0 Å². The van der Waals surface area contributed by atoms with Gasteiger partial charge < -0.3 is 20.3 Å². The summed E-state index contributed by atoms with van der Waals surface area (Å²) >= 11 is 1.69. The van der Waals surface area contributed by atoms with Crippen LogP contribution in [-0.4, -0.2) is 49.8 Å². The summed E-state index contributed by atoms with van der Waals surface area (Å²) in [4.78, 5) is 19.3. The number of hydrogen-bond donors (Lipinski definition) is 2. The van der Waals surface area contributed by atoms with Crippen molar-refractivity contribution >= 4 is 38.3 Å². The minimum absolute atomic E-state index is 0.0478. The summed E-state index contributed by atoms with van der Waals surface area (Å²) in [6.07, 6.45) is 2.49. The predicted octanol–water partition coefficient (Wildman–Crippen LogP) is 1.82. The Labute approximate surface area is 138 Å². The fourth-order valence-electron chi connectivity index (χ4n) is 3.00. The molecule has 0 aliphatic carbocycles. The Balaban J connectivity index is 1.50. The number of hydrogen-bond acceptors (Lipinski definition) is 6. The van der Waals surface area contributed by atoms with Crippen molar-refractivity contribution in [2.75, 3.05) is 43.1 Å². The summed E-state index contributed by atoms with van der Waals surface area (Å²) in [5.74, 6) is -0.0478. The molecular formula is C16H20N4O2S. The van der Waals surface area contributed by atoms with Crippen molar-refractivity contribution in [3.63, 3.8) is 0 Å². The van der Waals surface area contributed by atoms with Crippen LogP contribution in [0.25, 0.3) is 10.2 Å². The van der Waals surface area contributed by atoms with Gasteiger partial charge in [-0.1, -0.05) is 11.3 Å². The SMILES string of the molecule is O=C(Nc1ccc2nc(N3CCCC3)sc2c1)C1COCCN1. The van der Waals surface area contributed by atoms with Crippen LogP contribution in [0.1, 0.15) is 12.8 Å². The summed E-state index contributed by atoms with van der Waals surface area (Å²) < 4.78 is 6.44. The van der Waals surface area contributed by atoms with Crippen LogP contribution < -0.4 is 15.5 Å². The van der Waals surface area contributed by atoms with Gasteiger partial charge in [0.05, 0.1) is 23.4 Å². The van der Waals surface area contributed by atoms with Crippen molar-refractivity contribution in [3.8, 4) is 0 Å². The quantitative estimate of drug-likeness (QED) is 0.897. The van der Waals surface area contributed by atoms with Gasteiger partial charge in [-0.05, 0) is 31.0 Å². The second-order valence-corrected chi connectivity index (χ2v) is 6.95. The van der Waals surface area contributed by atoms with Gasteiger partial charge in [-0.25, -0.2) is 4.98 Å². The summed E-state index contributed by atoms with van der Waals surface area (Å²) in [5.41, 5.74) is 1.81.